The lowest BCUT2D eigenvalue weighted by atomic mass is 10.1. The predicted molar refractivity (Wildman–Crippen MR) is 111 cm³/mol. The van der Waals surface area contributed by atoms with Gasteiger partial charge in [0, 0.05) is 20.1 Å². The number of imidazole rings is 1. The van der Waals surface area contributed by atoms with Gasteiger partial charge in [-0.15, -0.1) is 0 Å². The molecule has 0 bridgehead atoms. The number of aryl methyl sites for hydroxylation is 1. The standard InChI is InChI=1S/C20H24ClN5O3/c1-20(2,3)29-19(28)25-9-5-6-12(11-25)26-17-14(24(4)18(26)27)10-22-13-7-8-15(21)23-16(13)17/h7-8,10,12H,5-6,9,11H2,1-4H3. The molecular weight excluding hydrogens is 394 g/mol. The molecule has 1 atom stereocenters. The average Bonchev–Trinajstić information content (AvgIpc) is 2.92. The van der Waals surface area contributed by atoms with E-state index in [2.05, 4.69) is 9.97 Å². The van der Waals surface area contributed by atoms with Gasteiger partial charge >= 0.3 is 11.8 Å². The van der Waals surface area contributed by atoms with Crippen LogP contribution in [0.1, 0.15) is 39.7 Å². The Balaban J connectivity index is 1.81. The minimum atomic E-state index is -0.567. The van der Waals surface area contributed by atoms with E-state index >= 15 is 0 Å². The van der Waals surface area contributed by atoms with Crippen LogP contribution in [0.4, 0.5) is 4.79 Å². The lowest BCUT2D eigenvalue weighted by molar-refractivity contribution is 0.0173. The van der Waals surface area contributed by atoms with Crippen molar-refractivity contribution in [1.29, 1.82) is 0 Å². The molecule has 8 nitrogen and oxygen atoms in total. The second-order valence-corrected chi connectivity index (χ2v) is 8.82. The van der Waals surface area contributed by atoms with E-state index in [4.69, 9.17) is 16.3 Å². The van der Waals surface area contributed by atoms with Crippen LogP contribution in [0.5, 0.6) is 0 Å². The topological polar surface area (TPSA) is 82.2 Å². The summed E-state index contributed by atoms with van der Waals surface area (Å²) in [7, 11) is 1.72. The number of aromatic nitrogens is 4. The van der Waals surface area contributed by atoms with Gasteiger partial charge in [0.1, 0.15) is 16.3 Å². The van der Waals surface area contributed by atoms with Crippen LogP contribution in [0.2, 0.25) is 5.15 Å². The number of nitrogens with zero attached hydrogens (tertiary/aromatic N) is 5. The van der Waals surface area contributed by atoms with E-state index in [-0.39, 0.29) is 17.8 Å². The van der Waals surface area contributed by atoms with E-state index in [9.17, 15) is 9.59 Å². The van der Waals surface area contributed by atoms with Gasteiger partial charge in [0.05, 0.1) is 28.8 Å². The number of likely N-dealkylation sites (tertiary alicyclic amines) is 1. The second-order valence-electron chi connectivity index (χ2n) is 8.43. The molecule has 1 aliphatic rings. The van der Waals surface area contributed by atoms with Crippen LogP contribution in [0, 0.1) is 0 Å². The lowest BCUT2D eigenvalue weighted by Crippen LogP contribution is -2.45. The monoisotopic (exact) mass is 417 g/mol. The summed E-state index contributed by atoms with van der Waals surface area (Å²) in [6, 6.07) is 3.29. The summed E-state index contributed by atoms with van der Waals surface area (Å²) in [6.07, 6.45) is 2.88. The van der Waals surface area contributed by atoms with Crippen molar-refractivity contribution in [2.75, 3.05) is 13.1 Å². The van der Waals surface area contributed by atoms with E-state index in [1.54, 1.807) is 39.4 Å². The average molecular weight is 418 g/mol. The van der Waals surface area contributed by atoms with E-state index < -0.39 is 5.60 Å². The maximum absolute atomic E-state index is 13.1. The van der Waals surface area contributed by atoms with Crippen molar-refractivity contribution in [2.24, 2.45) is 7.05 Å². The van der Waals surface area contributed by atoms with Crippen LogP contribution in [-0.2, 0) is 11.8 Å². The van der Waals surface area contributed by atoms with E-state index in [0.717, 1.165) is 12.8 Å². The number of fused-ring (bicyclic) bond motifs is 3. The molecule has 1 fully saturated rings. The molecule has 0 aliphatic carbocycles. The Bertz CT molecular complexity index is 1160. The lowest BCUT2D eigenvalue weighted by Gasteiger charge is -2.34. The number of carbonyl (C=O) groups excluding carboxylic acids is 1. The second kappa shape index (κ2) is 7.02. The zero-order valence-electron chi connectivity index (χ0n) is 17.0. The van der Waals surface area contributed by atoms with Crippen molar-refractivity contribution in [3.63, 3.8) is 0 Å². The highest BCUT2D eigenvalue weighted by molar-refractivity contribution is 6.30. The van der Waals surface area contributed by atoms with E-state index in [1.807, 2.05) is 20.8 Å². The number of pyridine rings is 2. The highest BCUT2D eigenvalue weighted by Crippen LogP contribution is 2.29. The largest absolute Gasteiger partial charge is 0.444 e. The number of ether oxygens (including phenoxy) is 1. The minimum Gasteiger partial charge on any atom is -0.444 e. The van der Waals surface area contributed by atoms with Crippen LogP contribution < -0.4 is 5.69 Å². The van der Waals surface area contributed by atoms with Gasteiger partial charge < -0.3 is 9.64 Å². The third kappa shape index (κ3) is 3.57. The molecule has 154 valence electrons. The molecule has 1 aliphatic heterocycles. The molecule has 0 aromatic carbocycles. The minimum absolute atomic E-state index is 0.160. The van der Waals surface area contributed by atoms with Crippen molar-refractivity contribution < 1.29 is 9.53 Å². The first-order chi connectivity index (χ1) is 13.7. The van der Waals surface area contributed by atoms with Crippen molar-refractivity contribution >= 4 is 39.8 Å². The Morgan fingerprint density at radius 2 is 2.07 bits per heavy atom. The first-order valence-corrected chi connectivity index (χ1v) is 10.0. The molecule has 4 rings (SSSR count). The van der Waals surface area contributed by atoms with Gasteiger partial charge in [0.15, 0.2) is 0 Å². The fourth-order valence-corrected chi connectivity index (χ4v) is 4.01. The molecule has 3 aromatic heterocycles. The van der Waals surface area contributed by atoms with Crippen molar-refractivity contribution in [3.05, 3.63) is 34.0 Å². The number of amides is 1. The Labute approximate surface area is 173 Å². The molecule has 0 spiro atoms. The Kier molecular flexibility index (Phi) is 4.77. The van der Waals surface area contributed by atoms with Crippen LogP contribution in [-0.4, -0.2) is 48.8 Å². The van der Waals surface area contributed by atoms with Crippen LogP contribution in [0.3, 0.4) is 0 Å². The normalized spacial score (nSPS) is 17.8. The van der Waals surface area contributed by atoms with Crippen LogP contribution in [0.15, 0.2) is 23.1 Å². The number of piperidine rings is 1. The van der Waals surface area contributed by atoms with Crippen molar-refractivity contribution in [3.8, 4) is 0 Å². The summed E-state index contributed by atoms with van der Waals surface area (Å²) < 4.78 is 8.83. The molecule has 29 heavy (non-hydrogen) atoms. The Hall–Kier alpha value is -2.61. The Morgan fingerprint density at radius 3 is 2.79 bits per heavy atom. The molecule has 1 amide bonds. The number of hydrogen-bond donors (Lipinski definition) is 0. The molecule has 0 radical (unpaired) electrons. The molecule has 1 saturated heterocycles. The molecule has 1 unspecified atom stereocenters. The predicted octanol–water partition coefficient (Wildman–Crippen LogP) is 3.51. The summed E-state index contributed by atoms with van der Waals surface area (Å²) in [5.41, 5.74) is 1.91. The highest BCUT2D eigenvalue weighted by atomic mass is 35.5. The van der Waals surface area contributed by atoms with Gasteiger partial charge in [-0.2, -0.15) is 0 Å². The van der Waals surface area contributed by atoms with Gasteiger partial charge in [0.25, 0.3) is 0 Å². The maximum Gasteiger partial charge on any atom is 0.410 e. The summed E-state index contributed by atoms with van der Waals surface area (Å²) in [4.78, 5) is 36.2. The highest BCUT2D eigenvalue weighted by Gasteiger charge is 2.31. The molecular formula is C20H24ClN5O3. The first kappa shape index (κ1) is 19.7. The number of halogens is 1. The summed E-state index contributed by atoms with van der Waals surface area (Å²) >= 11 is 6.13. The smallest absolute Gasteiger partial charge is 0.410 e. The van der Waals surface area contributed by atoms with Crippen molar-refractivity contribution in [1.82, 2.24) is 24.0 Å². The van der Waals surface area contributed by atoms with Crippen LogP contribution >= 0.6 is 11.6 Å². The Morgan fingerprint density at radius 1 is 1.31 bits per heavy atom. The van der Waals surface area contributed by atoms with Gasteiger partial charge in [0.2, 0.25) is 0 Å². The quantitative estimate of drug-likeness (QED) is 0.566. The van der Waals surface area contributed by atoms with E-state index in [0.29, 0.717) is 40.3 Å². The van der Waals surface area contributed by atoms with E-state index in [1.165, 1.54) is 0 Å². The number of rotatable bonds is 1. The summed E-state index contributed by atoms with van der Waals surface area (Å²) in [5.74, 6) is 0. The SMILES string of the molecule is Cn1c(=O)n(C2CCCN(C(=O)OC(C)(C)C)C2)c2c3nc(Cl)ccc3ncc21. The summed E-state index contributed by atoms with van der Waals surface area (Å²) in [5, 5.41) is 0.341. The molecule has 3 aromatic rings. The third-order valence-corrected chi connectivity index (χ3v) is 5.35. The molecule has 9 heteroatoms. The van der Waals surface area contributed by atoms with Gasteiger partial charge in [-0.1, -0.05) is 11.6 Å². The molecule has 4 heterocycles. The van der Waals surface area contributed by atoms with Gasteiger partial charge in [-0.3, -0.25) is 14.1 Å². The first-order valence-electron chi connectivity index (χ1n) is 9.66. The zero-order chi connectivity index (χ0) is 20.9. The van der Waals surface area contributed by atoms with Gasteiger partial charge in [-0.25, -0.2) is 14.6 Å². The molecule has 0 saturated carbocycles. The third-order valence-electron chi connectivity index (χ3n) is 5.14. The maximum atomic E-state index is 13.1. The fraction of sp³-hybridized carbons (Fsp3) is 0.500. The van der Waals surface area contributed by atoms with Gasteiger partial charge in [-0.05, 0) is 45.7 Å². The molecule has 0 N–H and O–H groups in total. The number of hydrogen-bond acceptors (Lipinski definition) is 5. The van der Waals surface area contributed by atoms with Crippen LogP contribution in [0.25, 0.3) is 22.1 Å². The zero-order valence-corrected chi connectivity index (χ0v) is 17.7. The summed E-state index contributed by atoms with van der Waals surface area (Å²) in [6.45, 7) is 6.54. The van der Waals surface area contributed by atoms with Crippen molar-refractivity contribution in [2.45, 2.75) is 45.3 Å². The fourth-order valence-electron chi connectivity index (χ4n) is 3.86. The number of carbonyl (C=O) groups is 1.